The molecule has 70 valence electrons. The first-order valence-corrected chi connectivity index (χ1v) is 4.67. The van der Waals surface area contributed by atoms with Crippen molar-refractivity contribution in [3.05, 3.63) is 23.3 Å². The Kier molecular flexibility index (Phi) is 1.91. The van der Waals surface area contributed by atoms with E-state index >= 15 is 0 Å². The van der Waals surface area contributed by atoms with Gasteiger partial charge in [0, 0.05) is 0 Å². The summed E-state index contributed by atoms with van der Waals surface area (Å²) in [5.74, 6) is 1.61. The van der Waals surface area contributed by atoms with Crippen molar-refractivity contribution in [1.29, 1.82) is 0 Å². The normalized spacial score (nSPS) is 15.8. The van der Waals surface area contributed by atoms with Crippen LogP contribution in [0.3, 0.4) is 0 Å². The number of rotatable bonds is 2. The second kappa shape index (κ2) is 2.95. The third-order valence-corrected chi connectivity index (χ3v) is 2.70. The lowest BCUT2D eigenvalue weighted by molar-refractivity contribution is 0.413. The molecule has 0 atom stereocenters. The van der Waals surface area contributed by atoms with Gasteiger partial charge in [0.05, 0.1) is 12.8 Å². The van der Waals surface area contributed by atoms with Crippen LogP contribution >= 0.6 is 0 Å². The van der Waals surface area contributed by atoms with Gasteiger partial charge in [-0.1, -0.05) is 6.07 Å². The van der Waals surface area contributed by atoms with Crippen molar-refractivity contribution >= 4 is 5.69 Å². The molecule has 2 heteroatoms. The first-order chi connectivity index (χ1) is 6.24. The lowest BCUT2D eigenvalue weighted by atomic mass is 10.0. The summed E-state index contributed by atoms with van der Waals surface area (Å²) >= 11 is 0. The Labute approximate surface area is 78.7 Å². The summed E-state index contributed by atoms with van der Waals surface area (Å²) in [6, 6.07) is 4.07. The summed E-state index contributed by atoms with van der Waals surface area (Å²) in [6.45, 7) is 2.09. The van der Waals surface area contributed by atoms with Crippen LogP contribution in [-0.4, -0.2) is 7.11 Å². The van der Waals surface area contributed by atoms with Crippen LogP contribution in [0.25, 0.3) is 0 Å². The van der Waals surface area contributed by atoms with E-state index in [1.165, 1.54) is 24.0 Å². The lowest BCUT2D eigenvalue weighted by Gasteiger charge is -2.11. The molecule has 13 heavy (non-hydrogen) atoms. The fourth-order valence-corrected chi connectivity index (χ4v) is 1.84. The maximum absolute atomic E-state index is 5.80. The molecule has 1 saturated carbocycles. The molecule has 2 nitrogen and oxygen atoms in total. The largest absolute Gasteiger partial charge is 0.494 e. The van der Waals surface area contributed by atoms with Crippen LogP contribution in [0.4, 0.5) is 5.69 Å². The maximum atomic E-state index is 5.80. The van der Waals surface area contributed by atoms with Gasteiger partial charge in [-0.15, -0.1) is 0 Å². The highest BCUT2D eigenvalue weighted by molar-refractivity contribution is 5.60. The van der Waals surface area contributed by atoms with Gasteiger partial charge >= 0.3 is 0 Å². The highest BCUT2D eigenvalue weighted by Gasteiger charge is 2.26. The van der Waals surface area contributed by atoms with Crippen molar-refractivity contribution in [3.8, 4) is 5.75 Å². The van der Waals surface area contributed by atoms with Crippen LogP contribution in [0.5, 0.6) is 5.75 Å². The van der Waals surface area contributed by atoms with Crippen molar-refractivity contribution in [1.82, 2.24) is 0 Å². The number of hydrogen-bond donors (Lipinski definition) is 1. The molecule has 1 fully saturated rings. The number of anilines is 1. The molecule has 0 amide bonds. The van der Waals surface area contributed by atoms with E-state index in [-0.39, 0.29) is 0 Å². The molecule has 0 bridgehead atoms. The predicted molar refractivity (Wildman–Crippen MR) is 54.1 cm³/mol. The minimum Gasteiger partial charge on any atom is -0.494 e. The Hall–Kier alpha value is -1.18. The van der Waals surface area contributed by atoms with E-state index in [1.807, 2.05) is 6.07 Å². The summed E-state index contributed by atoms with van der Waals surface area (Å²) in [6.07, 6.45) is 2.63. The minimum atomic E-state index is 0.740. The van der Waals surface area contributed by atoms with Gasteiger partial charge in [-0.3, -0.25) is 0 Å². The molecule has 2 rings (SSSR count). The van der Waals surface area contributed by atoms with Crippen molar-refractivity contribution in [2.75, 3.05) is 12.8 Å². The second-order valence-electron chi connectivity index (χ2n) is 3.68. The van der Waals surface area contributed by atoms with Crippen LogP contribution in [-0.2, 0) is 0 Å². The van der Waals surface area contributed by atoms with Gasteiger partial charge < -0.3 is 10.5 Å². The monoisotopic (exact) mass is 177 g/mol. The Balaban J connectivity index is 2.47. The standard InChI is InChI=1S/C11H15NO/c1-7-9(8-3-4-8)5-6-10(12)11(7)13-2/h5-6,8H,3-4,12H2,1-2H3. The molecular formula is C11H15NO. The van der Waals surface area contributed by atoms with Crippen molar-refractivity contribution < 1.29 is 4.74 Å². The average Bonchev–Trinajstić information content (AvgIpc) is 2.88. The number of nitrogens with two attached hydrogens (primary N) is 1. The molecule has 0 saturated heterocycles. The van der Waals surface area contributed by atoms with Crippen LogP contribution in [0.2, 0.25) is 0 Å². The first-order valence-electron chi connectivity index (χ1n) is 4.67. The quantitative estimate of drug-likeness (QED) is 0.704. The molecule has 1 aromatic carbocycles. The van der Waals surface area contributed by atoms with Gasteiger partial charge in [-0.2, -0.15) is 0 Å². The zero-order valence-corrected chi connectivity index (χ0v) is 8.13. The molecule has 0 unspecified atom stereocenters. The van der Waals surface area contributed by atoms with Gasteiger partial charge in [0.15, 0.2) is 0 Å². The molecule has 1 aliphatic rings. The smallest absolute Gasteiger partial charge is 0.144 e. The number of ether oxygens (including phenoxy) is 1. The van der Waals surface area contributed by atoms with Gasteiger partial charge in [-0.25, -0.2) is 0 Å². The van der Waals surface area contributed by atoms with Crippen LogP contribution in [0.1, 0.15) is 29.9 Å². The third-order valence-electron chi connectivity index (χ3n) is 2.70. The van der Waals surface area contributed by atoms with E-state index in [4.69, 9.17) is 10.5 Å². The third kappa shape index (κ3) is 1.37. The van der Waals surface area contributed by atoms with Crippen molar-refractivity contribution in [2.24, 2.45) is 0 Å². The van der Waals surface area contributed by atoms with Gasteiger partial charge in [0.25, 0.3) is 0 Å². The van der Waals surface area contributed by atoms with Gasteiger partial charge in [0.2, 0.25) is 0 Å². The van der Waals surface area contributed by atoms with Crippen LogP contribution < -0.4 is 10.5 Å². The molecule has 0 aliphatic heterocycles. The summed E-state index contributed by atoms with van der Waals surface area (Å²) in [5, 5.41) is 0. The predicted octanol–water partition coefficient (Wildman–Crippen LogP) is 2.46. The topological polar surface area (TPSA) is 35.2 Å². The number of hydrogen-bond acceptors (Lipinski definition) is 2. The summed E-state index contributed by atoms with van der Waals surface area (Å²) < 4.78 is 5.27. The zero-order chi connectivity index (χ0) is 9.42. The van der Waals surface area contributed by atoms with E-state index in [9.17, 15) is 0 Å². The highest BCUT2D eigenvalue weighted by Crippen LogP contribution is 2.44. The van der Waals surface area contributed by atoms with Crippen LogP contribution in [0, 0.1) is 6.92 Å². The first kappa shape index (κ1) is 8.42. The molecular weight excluding hydrogens is 162 g/mol. The molecule has 0 aromatic heterocycles. The van der Waals surface area contributed by atoms with Gasteiger partial charge in [0.1, 0.15) is 5.75 Å². The molecule has 1 aromatic rings. The summed E-state index contributed by atoms with van der Waals surface area (Å²) in [5.41, 5.74) is 9.16. The molecule has 0 radical (unpaired) electrons. The Morgan fingerprint density at radius 1 is 1.38 bits per heavy atom. The van der Waals surface area contributed by atoms with E-state index in [2.05, 4.69) is 13.0 Å². The fraction of sp³-hybridized carbons (Fsp3) is 0.455. The van der Waals surface area contributed by atoms with E-state index in [0.29, 0.717) is 0 Å². The average molecular weight is 177 g/mol. The van der Waals surface area contributed by atoms with Crippen molar-refractivity contribution in [3.63, 3.8) is 0 Å². The minimum absolute atomic E-state index is 0.740. The Bertz CT molecular complexity index is 329. The highest BCUT2D eigenvalue weighted by atomic mass is 16.5. The van der Waals surface area contributed by atoms with Crippen LogP contribution in [0.15, 0.2) is 12.1 Å². The summed E-state index contributed by atoms with van der Waals surface area (Å²) in [4.78, 5) is 0. The number of methoxy groups -OCH3 is 1. The van der Waals surface area contributed by atoms with E-state index < -0.39 is 0 Å². The van der Waals surface area contributed by atoms with Crippen molar-refractivity contribution in [2.45, 2.75) is 25.7 Å². The molecule has 2 N–H and O–H groups in total. The van der Waals surface area contributed by atoms with E-state index in [0.717, 1.165) is 17.4 Å². The second-order valence-corrected chi connectivity index (χ2v) is 3.68. The molecule has 0 heterocycles. The molecule has 0 spiro atoms. The maximum Gasteiger partial charge on any atom is 0.144 e. The fourth-order valence-electron chi connectivity index (χ4n) is 1.84. The van der Waals surface area contributed by atoms with Gasteiger partial charge in [-0.05, 0) is 42.9 Å². The zero-order valence-electron chi connectivity index (χ0n) is 8.13. The Morgan fingerprint density at radius 2 is 2.08 bits per heavy atom. The van der Waals surface area contributed by atoms with E-state index in [1.54, 1.807) is 7.11 Å². The molecule has 1 aliphatic carbocycles. The SMILES string of the molecule is COc1c(N)ccc(C2CC2)c1C. The lowest BCUT2D eigenvalue weighted by Crippen LogP contribution is -1.97. The number of nitrogen functional groups attached to an aromatic ring is 1. The number of benzene rings is 1. The summed E-state index contributed by atoms with van der Waals surface area (Å²) in [7, 11) is 1.68. The Morgan fingerprint density at radius 3 is 2.62 bits per heavy atom.